The Hall–Kier alpha value is -2.99. The molecular weight excluding hydrogens is 319 g/mol. The normalized spacial score (nSPS) is 20.3. The van der Waals surface area contributed by atoms with Crippen molar-refractivity contribution in [3.05, 3.63) is 90.3 Å². The predicted molar refractivity (Wildman–Crippen MR) is 91.4 cm³/mol. The highest BCUT2D eigenvalue weighted by Crippen LogP contribution is 2.41. The maximum atomic E-state index is 13.4. The van der Waals surface area contributed by atoms with Crippen LogP contribution in [0.4, 0.5) is 4.39 Å². The lowest BCUT2D eigenvalue weighted by Gasteiger charge is -2.33. The molecule has 25 heavy (non-hydrogen) atoms. The number of benzene rings is 2. The first kappa shape index (κ1) is 15.5. The largest absolute Gasteiger partial charge is 0.405 e. The summed E-state index contributed by atoms with van der Waals surface area (Å²) in [5.41, 5.74) is 1.28. The fraction of sp³-hybridized carbons (Fsp3) is 0.158. The monoisotopic (exact) mass is 336 g/mol. The van der Waals surface area contributed by atoms with Gasteiger partial charge in [0.15, 0.2) is 5.76 Å². The van der Waals surface area contributed by atoms with E-state index in [1.54, 1.807) is 28.2 Å². The summed E-state index contributed by atoms with van der Waals surface area (Å²) in [7, 11) is 1.87. The van der Waals surface area contributed by atoms with E-state index in [1.807, 2.05) is 37.4 Å². The molecule has 1 unspecified atom stereocenters. The Morgan fingerprint density at radius 2 is 1.84 bits per heavy atom. The van der Waals surface area contributed by atoms with Crippen molar-refractivity contribution in [2.75, 3.05) is 7.05 Å². The van der Waals surface area contributed by atoms with Crippen molar-refractivity contribution < 1.29 is 9.23 Å². The van der Waals surface area contributed by atoms with Crippen molar-refractivity contribution in [2.24, 2.45) is 0 Å². The zero-order valence-corrected chi connectivity index (χ0v) is 13.7. The topological polar surface area (TPSA) is 43.2 Å². The molecule has 0 radical (unpaired) electrons. The molecule has 0 spiro atoms. The number of rotatable bonds is 4. The van der Waals surface area contributed by atoms with Crippen LogP contribution in [0.15, 0.2) is 73.3 Å². The molecule has 1 atom stereocenters. The highest BCUT2D eigenvalue weighted by atomic mass is 19.1. The second-order valence-corrected chi connectivity index (χ2v) is 5.99. The summed E-state index contributed by atoms with van der Waals surface area (Å²) in [6.07, 6.45) is 5.21. The van der Waals surface area contributed by atoms with E-state index in [4.69, 9.17) is 4.84 Å². The summed E-state index contributed by atoms with van der Waals surface area (Å²) in [5, 5.41) is 6.00. The summed E-state index contributed by atoms with van der Waals surface area (Å²) in [5.74, 6) is 0.487. The standard InChI is InChI=1S/C19H17FN4O/c1-23-19(12-24-14-21-13-22-24,16-7-9-17(20)10-8-16)11-18(25-23)15-5-3-2-4-6-15/h2-11,13-14H,12H2,1H3. The smallest absolute Gasteiger partial charge is 0.153 e. The minimum Gasteiger partial charge on any atom is -0.405 e. The van der Waals surface area contributed by atoms with Gasteiger partial charge in [-0.15, -0.1) is 5.06 Å². The molecule has 2 aromatic carbocycles. The van der Waals surface area contributed by atoms with Crippen LogP contribution in [0.2, 0.25) is 0 Å². The van der Waals surface area contributed by atoms with Gasteiger partial charge < -0.3 is 4.84 Å². The molecule has 0 saturated carbocycles. The van der Waals surface area contributed by atoms with Gasteiger partial charge in [-0.3, -0.25) is 4.68 Å². The van der Waals surface area contributed by atoms with Crippen LogP contribution in [-0.4, -0.2) is 26.9 Å². The van der Waals surface area contributed by atoms with Crippen LogP contribution in [-0.2, 0) is 16.9 Å². The van der Waals surface area contributed by atoms with Crippen molar-refractivity contribution >= 4 is 5.76 Å². The molecule has 0 fully saturated rings. The molecule has 2 heterocycles. The van der Waals surface area contributed by atoms with Gasteiger partial charge in [0.1, 0.15) is 24.0 Å². The van der Waals surface area contributed by atoms with E-state index in [2.05, 4.69) is 16.2 Å². The Morgan fingerprint density at radius 1 is 1.08 bits per heavy atom. The number of hydroxylamine groups is 2. The molecule has 3 aromatic rings. The summed E-state index contributed by atoms with van der Waals surface area (Å²) in [4.78, 5) is 10.1. The van der Waals surface area contributed by atoms with Crippen molar-refractivity contribution in [2.45, 2.75) is 12.1 Å². The molecule has 1 aliphatic rings. The first-order valence-electron chi connectivity index (χ1n) is 7.96. The van der Waals surface area contributed by atoms with E-state index in [1.165, 1.54) is 18.5 Å². The van der Waals surface area contributed by atoms with Gasteiger partial charge in [-0.25, -0.2) is 9.37 Å². The van der Waals surface area contributed by atoms with E-state index in [0.717, 1.165) is 16.9 Å². The molecule has 1 aliphatic heterocycles. The molecule has 0 bridgehead atoms. The predicted octanol–water partition coefficient (Wildman–Crippen LogP) is 3.23. The van der Waals surface area contributed by atoms with Crippen molar-refractivity contribution in [3.63, 3.8) is 0 Å². The number of likely N-dealkylation sites (N-methyl/N-ethyl adjacent to an activating group) is 1. The van der Waals surface area contributed by atoms with E-state index in [0.29, 0.717) is 6.54 Å². The number of hydrogen-bond donors (Lipinski definition) is 0. The molecule has 0 N–H and O–H groups in total. The second-order valence-electron chi connectivity index (χ2n) is 5.99. The molecule has 6 heteroatoms. The van der Waals surface area contributed by atoms with Gasteiger partial charge in [0, 0.05) is 12.6 Å². The minimum atomic E-state index is -0.618. The molecular formula is C19H17FN4O. The average molecular weight is 336 g/mol. The van der Waals surface area contributed by atoms with Gasteiger partial charge in [-0.05, 0) is 23.8 Å². The lowest BCUT2D eigenvalue weighted by Crippen LogP contribution is -2.42. The maximum Gasteiger partial charge on any atom is 0.153 e. The van der Waals surface area contributed by atoms with Gasteiger partial charge >= 0.3 is 0 Å². The van der Waals surface area contributed by atoms with Crippen LogP contribution in [0.5, 0.6) is 0 Å². The fourth-order valence-corrected chi connectivity index (χ4v) is 3.10. The first-order chi connectivity index (χ1) is 12.2. The lowest BCUT2D eigenvalue weighted by atomic mass is 9.88. The number of aromatic nitrogens is 3. The Kier molecular flexibility index (Phi) is 3.82. The number of nitrogens with zero attached hydrogens (tertiary/aromatic N) is 4. The van der Waals surface area contributed by atoms with E-state index in [9.17, 15) is 4.39 Å². The molecule has 0 aliphatic carbocycles. The second kappa shape index (κ2) is 6.14. The molecule has 0 amide bonds. The van der Waals surface area contributed by atoms with Gasteiger partial charge in [-0.2, -0.15) is 5.10 Å². The minimum absolute atomic E-state index is 0.270. The van der Waals surface area contributed by atoms with Crippen LogP contribution < -0.4 is 0 Å². The first-order valence-corrected chi connectivity index (χ1v) is 7.96. The van der Waals surface area contributed by atoms with Crippen molar-refractivity contribution in [3.8, 4) is 0 Å². The van der Waals surface area contributed by atoms with Gasteiger partial charge in [0.2, 0.25) is 0 Å². The lowest BCUT2D eigenvalue weighted by molar-refractivity contribution is -0.118. The van der Waals surface area contributed by atoms with E-state index >= 15 is 0 Å². The highest BCUT2D eigenvalue weighted by molar-refractivity contribution is 5.63. The summed E-state index contributed by atoms with van der Waals surface area (Å²) in [6.45, 7) is 0.492. The maximum absolute atomic E-state index is 13.4. The van der Waals surface area contributed by atoms with Crippen LogP contribution in [0, 0.1) is 5.82 Å². The van der Waals surface area contributed by atoms with Crippen LogP contribution in [0.3, 0.4) is 0 Å². The highest BCUT2D eigenvalue weighted by Gasteiger charge is 2.43. The van der Waals surface area contributed by atoms with Gasteiger partial charge in [0.25, 0.3) is 0 Å². The fourth-order valence-electron chi connectivity index (χ4n) is 3.10. The third-order valence-corrected chi connectivity index (χ3v) is 4.44. The molecule has 1 aromatic heterocycles. The summed E-state index contributed by atoms with van der Waals surface area (Å²) < 4.78 is 15.2. The summed E-state index contributed by atoms with van der Waals surface area (Å²) in [6, 6.07) is 16.4. The van der Waals surface area contributed by atoms with Crippen molar-refractivity contribution in [1.29, 1.82) is 0 Å². The van der Waals surface area contributed by atoms with Gasteiger partial charge in [0.05, 0.1) is 6.54 Å². The Balaban J connectivity index is 1.82. The van der Waals surface area contributed by atoms with Gasteiger partial charge in [-0.1, -0.05) is 42.5 Å². The Morgan fingerprint density at radius 3 is 2.52 bits per heavy atom. The van der Waals surface area contributed by atoms with E-state index in [-0.39, 0.29) is 5.82 Å². The van der Waals surface area contributed by atoms with Crippen molar-refractivity contribution in [1.82, 2.24) is 19.8 Å². The Bertz CT molecular complexity index is 878. The van der Waals surface area contributed by atoms with Crippen LogP contribution in [0.25, 0.3) is 5.76 Å². The third-order valence-electron chi connectivity index (χ3n) is 4.44. The van der Waals surface area contributed by atoms with Crippen LogP contribution >= 0.6 is 0 Å². The molecule has 5 nitrogen and oxygen atoms in total. The zero-order valence-electron chi connectivity index (χ0n) is 13.7. The average Bonchev–Trinajstić information content (AvgIpc) is 3.25. The quantitative estimate of drug-likeness (QED) is 0.734. The number of hydrogen-bond acceptors (Lipinski definition) is 4. The number of halogens is 1. The molecule has 4 rings (SSSR count). The molecule has 126 valence electrons. The molecule has 0 saturated heterocycles. The van der Waals surface area contributed by atoms with E-state index < -0.39 is 5.54 Å². The SMILES string of the molecule is CN1OC(c2ccccc2)=CC1(Cn1cncn1)c1ccc(F)cc1. The summed E-state index contributed by atoms with van der Waals surface area (Å²) >= 11 is 0. The zero-order chi connectivity index (χ0) is 17.3. The third kappa shape index (κ3) is 2.81. The Labute approximate surface area is 144 Å². The van der Waals surface area contributed by atoms with Crippen LogP contribution in [0.1, 0.15) is 11.1 Å².